The lowest BCUT2D eigenvalue weighted by atomic mass is 10.3. The second kappa shape index (κ2) is 4.33. The van der Waals surface area contributed by atoms with E-state index in [9.17, 15) is 0 Å². The van der Waals surface area contributed by atoms with Crippen LogP contribution in [-0.2, 0) is 0 Å². The first-order chi connectivity index (χ1) is 5.11. The second-order valence-corrected chi connectivity index (χ2v) is 7.99. The maximum atomic E-state index is 2.31. The van der Waals surface area contributed by atoms with Crippen LogP contribution in [0.5, 0.6) is 0 Å². The third kappa shape index (κ3) is 2.78. The topological polar surface area (TPSA) is 0 Å². The van der Waals surface area contributed by atoms with Gasteiger partial charge in [0.25, 0.3) is 0 Å². The third-order valence-electron chi connectivity index (χ3n) is 1.60. The first-order valence-corrected chi connectivity index (χ1v) is 7.30. The summed E-state index contributed by atoms with van der Waals surface area (Å²) < 4.78 is 1.65. The normalized spacial score (nSPS) is 32.2. The van der Waals surface area contributed by atoms with Crippen LogP contribution >= 0.6 is 33.3 Å². The largest absolute Gasteiger partial charge is 0.131 e. The minimum Gasteiger partial charge on any atom is -0.131 e. The fourth-order valence-electron chi connectivity index (χ4n) is 0.824. The molecule has 0 radical (unpaired) electrons. The highest BCUT2D eigenvalue weighted by molar-refractivity contribution is 8.82. The number of hydrogen-bond acceptors (Lipinski definition) is 3. The van der Waals surface area contributed by atoms with Crippen molar-refractivity contribution in [2.75, 3.05) is 0 Å². The predicted molar refractivity (Wildman–Crippen MR) is 60.0 cm³/mol. The molecular formula is C8H16S3. The summed E-state index contributed by atoms with van der Waals surface area (Å²) >= 11 is 2.15. The van der Waals surface area contributed by atoms with Crippen LogP contribution in [0, 0.1) is 11.8 Å². The molecule has 1 rings (SSSR count). The second-order valence-electron chi connectivity index (χ2n) is 3.55. The Labute approximate surface area is 82.1 Å². The van der Waals surface area contributed by atoms with Gasteiger partial charge in [-0.05, 0) is 11.8 Å². The average molecular weight is 208 g/mol. The summed E-state index contributed by atoms with van der Waals surface area (Å²) in [5.41, 5.74) is 0. The zero-order valence-corrected chi connectivity index (χ0v) is 9.98. The number of rotatable bonds is 2. The highest BCUT2D eigenvalue weighted by Crippen LogP contribution is 2.55. The van der Waals surface area contributed by atoms with Gasteiger partial charge in [-0.2, -0.15) is 0 Å². The lowest BCUT2D eigenvalue weighted by Gasteiger charge is -2.13. The Balaban J connectivity index is 2.35. The van der Waals surface area contributed by atoms with Crippen LogP contribution in [0.3, 0.4) is 0 Å². The summed E-state index contributed by atoms with van der Waals surface area (Å²) in [5, 5.41) is 0. The van der Waals surface area contributed by atoms with E-state index in [0.717, 1.165) is 21.0 Å². The molecule has 0 spiro atoms. The van der Waals surface area contributed by atoms with Crippen molar-refractivity contribution in [3.8, 4) is 0 Å². The fraction of sp³-hybridized carbons (Fsp3) is 1.00. The van der Waals surface area contributed by atoms with Crippen LogP contribution in [0.1, 0.15) is 27.7 Å². The van der Waals surface area contributed by atoms with E-state index in [0.29, 0.717) is 0 Å². The molecule has 11 heavy (non-hydrogen) atoms. The van der Waals surface area contributed by atoms with Gasteiger partial charge in [0.15, 0.2) is 0 Å². The van der Waals surface area contributed by atoms with E-state index in [1.165, 1.54) is 0 Å². The molecular weight excluding hydrogens is 192 g/mol. The summed E-state index contributed by atoms with van der Waals surface area (Å²) in [4.78, 5) is 0. The van der Waals surface area contributed by atoms with E-state index in [2.05, 4.69) is 61.0 Å². The molecule has 0 aliphatic carbocycles. The molecule has 2 unspecified atom stereocenters. The fourth-order valence-corrected chi connectivity index (χ4v) is 7.30. The van der Waals surface area contributed by atoms with Crippen molar-refractivity contribution in [2.45, 2.75) is 36.9 Å². The first-order valence-electron chi connectivity index (χ1n) is 4.09. The van der Waals surface area contributed by atoms with Crippen LogP contribution in [0.2, 0.25) is 0 Å². The third-order valence-corrected chi connectivity index (χ3v) is 8.36. The molecule has 0 aromatic carbocycles. The van der Waals surface area contributed by atoms with E-state index < -0.39 is 0 Å². The standard InChI is InChI=1S/C8H16S3/c1-5(2)7-9-8(6(3)4)11-10-7/h5-8H,1-4H3. The van der Waals surface area contributed by atoms with Gasteiger partial charge in [0.2, 0.25) is 0 Å². The van der Waals surface area contributed by atoms with Crippen molar-refractivity contribution in [2.24, 2.45) is 11.8 Å². The zero-order chi connectivity index (χ0) is 8.43. The summed E-state index contributed by atoms with van der Waals surface area (Å²) in [6, 6.07) is 0. The molecule has 1 aliphatic heterocycles. The van der Waals surface area contributed by atoms with E-state index in [1.54, 1.807) is 0 Å². The van der Waals surface area contributed by atoms with Crippen molar-refractivity contribution in [3.05, 3.63) is 0 Å². The van der Waals surface area contributed by atoms with Crippen LogP contribution in [-0.4, -0.2) is 9.16 Å². The molecule has 0 saturated carbocycles. The first kappa shape index (κ1) is 10.1. The Morgan fingerprint density at radius 1 is 0.818 bits per heavy atom. The molecule has 0 aromatic rings. The molecule has 3 heteroatoms. The highest BCUT2D eigenvalue weighted by atomic mass is 33.1. The Morgan fingerprint density at radius 3 is 1.36 bits per heavy atom. The Bertz CT molecular complexity index is 109. The number of thioether (sulfide) groups is 1. The van der Waals surface area contributed by atoms with Crippen molar-refractivity contribution in [1.29, 1.82) is 0 Å². The Morgan fingerprint density at radius 2 is 1.18 bits per heavy atom. The van der Waals surface area contributed by atoms with E-state index >= 15 is 0 Å². The van der Waals surface area contributed by atoms with Gasteiger partial charge in [-0.25, -0.2) is 0 Å². The monoisotopic (exact) mass is 208 g/mol. The van der Waals surface area contributed by atoms with Crippen molar-refractivity contribution in [3.63, 3.8) is 0 Å². The summed E-state index contributed by atoms with van der Waals surface area (Å²) in [6.07, 6.45) is 0. The summed E-state index contributed by atoms with van der Waals surface area (Å²) in [6.45, 7) is 9.25. The Kier molecular flexibility index (Phi) is 3.99. The predicted octanol–water partition coefficient (Wildman–Crippen LogP) is 4.08. The van der Waals surface area contributed by atoms with Crippen molar-refractivity contribution >= 4 is 33.3 Å². The SMILES string of the molecule is CC(C)C1SSC(C(C)C)S1. The number of hydrogen-bond donors (Lipinski definition) is 0. The van der Waals surface area contributed by atoms with Crippen LogP contribution < -0.4 is 0 Å². The van der Waals surface area contributed by atoms with Gasteiger partial charge in [0.1, 0.15) is 0 Å². The quantitative estimate of drug-likeness (QED) is 0.628. The van der Waals surface area contributed by atoms with Crippen molar-refractivity contribution in [1.82, 2.24) is 0 Å². The minimum absolute atomic E-state index is 0.821. The molecule has 0 amide bonds. The van der Waals surface area contributed by atoms with E-state index in [-0.39, 0.29) is 0 Å². The minimum atomic E-state index is 0.821. The molecule has 66 valence electrons. The molecule has 0 N–H and O–H groups in total. The van der Waals surface area contributed by atoms with E-state index in [1.807, 2.05) is 0 Å². The molecule has 0 nitrogen and oxygen atoms in total. The van der Waals surface area contributed by atoms with Gasteiger partial charge in [0.05, 0.1) is 9.16 Å². The summed E-state index contributed by atoms with van der Waals surface area (Å²) in [7, 11) is 4.13. The lowest BCUT2D eigenvalue weighted by molar-refractivity contribution is 0.703. The highest BCUT2D eigenvalue weighted by Gasteiger charge is 2.30. The summed E-state index contributed by atoms with van der Waals surface area (Å²) in [5.74, 6) is 1.64. The van der Waals surface area contributed by atoms with Gasteiger partial charge in [0, 0.05) is 0 Å². The molecule has 1 fully saturated rings. The van der Waals surface area contributed by atoms with Gasteiger partial charge in [-0.15, -0.1) is 11.8 Å². The smallest absolute Gasteiger partial charge is 0.0640 e. The molecule has 0 aromatic heterocycles. The van der Waals surface area contributed by atoms with Gasteiger partial charge in [-0.3, -0.25) is 0 Å². The molecule has 1 saturated heterocycles. The molecule has 1 heterocycles. The molecule has 1 aliphatic rings. The Hall–Kier alpha value is 1.05. The molecule has 0 bridgehead atoms. The van der Waals surface area contributed by atoms with Crippen LogP contribution in [0.15, 0.2) is 0 Å². The van der Waals surface area contributed by atoms with Crippen molar-refractivity contribution < 1.29 is 0 Å². The zero-order valence-electron chi connectivity index (χ0n) is 7.53. The van der Waals surface area contributed by atoms with Crippen LogP contribution in [0.25, 0.3) is 0 Å². The molecule has 2 atom stereocenters. The van der Waals surface area contributed by atoms with E-state index in [4.69, 9.17) is 0 Å². The lowest BCUT2D eigenvalue weighted by Crippen LogP contribution is -2.07. The average Bonchev–Trinajstić information content (AvgIpc) is 2.33. The van der Waals surface area contributed by atoms with Gasteiger partial charge < -0.3 is 0 Å². The maximum Gasteiger partial charge on any atom is 0.0640 e. The van der Waals surface area contributed by atoms with Gasteiger partial charge >= 0.3 is 0 Å². The maximum absolute atomic E-state index is 2.31. The van der Waals surface area contributed by atoms with Crippen LogP contribution in [0.4, 0.5) is 0 Å². The van der Waals surface area contributed by atoms with Gasteiger partial charge in [-0.1, -0.05) is 49.3 Å².